The molecule has 138 valence electrons. The zero-order valence-corrected chi connectivity index (χ0v) is 15.5. The molecule has 1 saturated heterocycles. The summed E-state index contributed by atoms with van der Waals surface area (Å²) in [5.41, 5.74) is 0.731. The molecule has 1 amide bonds. The first-order valence-corrected chi connectivity index (χ1v) is 10.1. The molecule has 0 atom stereocenters. The van der Waals surface area contributed by atoms with Gasteiger partial charge in [-0.2, -0.15) is 0 Å². The second kappa shape index (κ2) is 8.07. The third-order valence-electron chi connectivity index (χ3n) is 4.12. The van der Waals surface area contributed by atoms with Gasteiger partial charge in [0.25, 0.3) is 10.0 Å². The van der Waals surface area contributed by atoms with Gasteiger partial charge < -0.3 is 10.1 Å². The average Bonchev–Trinajstić information content (AvgIpc) is 2.64. The number of benzene rings is 2. The lowest BCUT2D eigenvalue weighted by Crippen LogP contribution is -2.28. The Bertz CT molecular complexity index is 896. The van der Waals surface area contributed by atoms with Crippen molar-refractivity contribution >= 4 is 38.9 Å². The van der Waals surface area contributed by atoms with Crippen molar-refractivity contribution in [2.75, 3.05) is 23.3 Å². The van der Waals surface area contributed by atoms with Crippen molar-refractivity contribution in [2.24, 2.45) is 5.92 Å². The Morgan fingerprint density at radius 1 is 1.08 bits per heavy atom. The zero-order valence-electron chi connectivity index (χ0n) is 13.9. The number of anilines is 2. The van der Waals surface area contributed by atoms with Crippen LogP contribution >= 0.6 is 11.6 Å². The Balaban J connectivity index is 1.75. The van der Waals surface area contributed by atoms with Gasteiger partial charge in [-0.05, 0) is 43.2 Å². The lowest BCUT2D eigenvalue weighted by atomic mass is 9.99. The standard InChI is InChI=1S/C18H19ClN2O4S/c19-16-6-1-2-7-17(16)21-26(23,24)15-5-3-4-14(12-15)20-18(22)13-8-10-25-11-9-13/h1-7,12-13,21H,8-11H2,(H,20,22). The van der Waals surface area contributed by atoms with Crippen molar-refractivity contribution in [3.8, 4) is 0 Å². The highest BCUT2D eigenvalue weighted by Crippen LogP contribution is 2.25. The molecule has 0 radical (unpaired) electrons. The fraction of sp³-hybridized carbons (Fsp3) is 0.278. The van der Waals surface area contributed by atoms with E-state index < -0.39 is 10.0 Å². The molecule has 1 aliphatic heterocycles. The quantitative estimate of drug-likeness (QED) is 0.812. The van der Waals surface area contributed by atoms with Gasteiger partial charge in [-0.3, -0.25) is 9.52 Å². The Kier molecular flexibility index (Phi) is 5.80. The SMILES string of the molecule is O=C(Nc1cccc(S(=O)(=O)Nc2ccccc2Cl)c1)C1CCOCC1. The van der Waals surface area contributed by atoms with E-state index in [9.17, 15) is 13.2 Å². The minimum Gasteiger partial charge on any atom is -0.381 e. The molecule has 1 heterocycles. The third kappa shape index (κ3) is 4.55. The van der Waals surface area contributed by atoms with Crippen LogP contribution in [0.1, 0.15) is 12.8 Å². The predicted octanol–water partition coefficient (Wildman–Crippen LogP) is 3.51. The highest BCUT2D eigenvalue weighted by atomic mass is 35.5. The minimum absolute atomic E-state index is 0.0437. The third-order valence-corrected chi connectivity index (χ3v) is 5.81. The van der Waals surface area contributed by atoms with Crippen molar-refractivity contribution in [3.05, 3.63) is 53.6 Å². The fourth-order valence-electron chi connectivity index (χ4n) is 2.69. The van der Waals surface area contributed by atoms with Crippen LogP contribution in [0.2, 0.25) is 5.02 Å². The molecule has 1 aliphatic rings. The monoisotopic (exact) mass is 394 g/mol. The first kappa shape index (κ1) is 18.7. The molecule has 0 unspecified atom stereocenters. The molecule has 6 nitrogen and oxygen atoms in total. The molecule has 0 aliphatic carbocycles. The van der Waals surface area contributed by atoms with E-state index in [1.807, 2.05) is 0 Å². The summed E-state index contributed by atoms with van der Waals surface area (Å²) in [6, 6.07) is 12.7. The van der Waals surface area contributed by atoms with Crippen molar-refractivity contribution in [1.29, 1.82) is 0 Å². The molecular formula is C18H19ClN2O4S. The summed E-state index contributed by atoms with van der Waals surface area (Å²) < 4.78 is 32.9. The average molecular weight is 395 g/mol. The molecule has 0 saturated carbocycles. The summed E-state index contributed by atoms with van der Waals surface area (Å²) in [4.78, 5) is 12.4. The Hall–Kier alpha value is -2.09. The number of para-hydroxylation sites is 1. The van der Waals surface area contributed by atoms with Crippen LogP contribution in [0.25, 0.3) is 0 Å². The van der Waals surface area contributed by atoms with Gasteiger partial charge in [-0.1, -0.05) is 29.8 Å². The van der Waals surface area contributed by atoms with E-state index in [1.165, 1.54) is 12.1 Å². The number of carbonyl (C=O) groups is 1. The fourth-order valence-corrected chi connectivity index (χ4v) is 4.06. The van der Waals surface area contributed by atoms with Crippen LogP contribution in [0.5, 0.6) is 0 Å². The van der Waals surface area contributed by atoms with Crippen LogP contribution in [0.15, 0.2) is 53.4 Å². The number of carbonyl (C=O) groups excluding carboxylic acids is 1. The van der Waals surface area contributed by atoms with Crippen molar-refractivity contribution in [1.82, 2.24) is 0 Å². The largest absolute Gasteiger partial charge is 0.381 e. The highest BCUT2D eigenvalue weighted by Gasteiger charge is 2.22. The normalized spacial score (nSPS) is 15.4. The molecule has 26 heavy (non-hydrogen) atoms. The molecule has 2 aromatic rings. The predicted molar refractivity (Wildman–Crippen MR) is 101 cm³/mol. The molecule has 2 aromatic carbocycles. The van der Waals surface area contributed by atoms with Gasteiger partial charge in [0.1, 0.15) is 0 Å². The summed E-state index contributed by atoms with van der Waals surface area (Å²) in [5.74, 6) is -0.243. The number of amides is 1. The van der Waals surface area contributed by atoms with Crippen molar-refractivity contribution in [3.63, 3.8) is 0 Å². The lowest BCUT2D eigenvalue weighted by Gasteiger charge is -2.21. The van der Waals surface area contributed by atoms with E-state index in [-0.39, 0.29) is 16.7 Å². The minimum atomic E-state index is -3.82. The van der Waals surface area contributed by atoms with Crippen molar-refractivity contribution < 1.29 is 17.9 Å². The van der Waals surface area contributed by atoms with E-state index in [2.05, 4.69) is 10.0 Å². The number of ether oxygens (including phenoxy) is 1. The van der Waals surface area contributed by atoms with E-state index >= 15 is 0 Å². The Morgan fingerprint density at radius 2 is 1.81 bits per heavy atom. The lowest BCUT2D eigenvalue weighted by molar-refractivity contribution is -0.122. The molecule has 0 bridgehead atoms. The van der Waals surface area contributed by atoms with Crippen LogP contribution in [-0.4, -0.2) is 27.5 Å². The maximum atomic E-state index is 12.6. The summed E-state index contributed by atoms with van der Waals surface area (Å²) >= 11 is 6.01. The van der Waals surface area contributed by atoms with Gasteiger partial charge in [0.15, 0.2) is 0 Å². The Morgan fingerprint density at radius 3 is 2.54 bits per heavy atom. The molecule has 2 N–H and O–H groups in total. The van der Waals surface area contributed by atoms with Gasteiger partial charge in [0, 0.05) is 24.8 Å². The number of nitrogens with one attached hydrogen (secondary N) is 2. The molecule has 8 heteroatoms. The van der Waals surface area contributed by atoms with Crippen LogP contribution in [-0.2, 0) is 19.6 Å². The van der Waals surface area contributed by atoms with Gasteiger partial charge in [0.2, 0.25) is 5.91 Å². The number of hydrogen-bond acceptors (Lipinski definition) is 4. The summed E-state index contributed by atoms with van der Waals surface area (Å²) in [6.45, 7) is 1.13. The summed E-state index contributed by atoms with van der Waals surface area (Å²) in [5, 5.41) is 3.09. The molecule has 1 fully saturated rings. The second-order valence-electron chi connectivity index (χ2n) is 5.99. The number of halogens is 1. The molecular weight excluding hydrogens is 376 g/mol. The summed E-state index contributed by atoms with van der Waals surface area (Å²) in [6.07, 6.45) is 1.33. The first-order chi connectivity index (χ1) is 12.5. The Labute approximate surface area is 157 Å². The van der Waals surface area contributed by atoms with Gasteiger partial charge in [-0.25, -0.2) is 8.42 Å². The van der Waals surface area contributed by atoms with Gasteiger partial charge >= 0.3 is 0 Å². The first-order valence-electron chi connectivity index (χ1n) is 8.22. The number of sulfonamides is 1. The highest BCUT2D eigenvalue weighted by molar-refractivity contribution is 7.92. The van der Waals surface area contributed by atoms with E-state index in [1.54, 1.807) is 36.4 Å². The van der Waals surface area contributed by atoms with E-state index in [0.717, 1.165) is 0 Å². The van der Waals surface area contributed by atoms with Crippen LogP contribution in [0.3, 0.4) is 0 Å². The maximum absolute atomic E-state index is 12.6. The smallest absolute Gasteiger partial charge is 0.262 e. The summed E-state index contributed by atoms with van der Waals surface area (Å²) in [7, 11) is -3.82. The van der Waals surface area contributed by atoms with E-state index in [4.69, 9.17) is 16.3 Å². The topological polar surface area (TPSA) is 84.5 Å². The van der Waals surface area contributed by atoms with Gasteiger partial charge in [-0.15, -0.1) is 0 Å². The van der Waals surface area contributed by atoms with Crippen LogP contribution < -0.4 is 10.0 Å². The van der Waals surface area contributed by atoms with Crippen LogP contribution in [0.4, 0.5) is 11.4 Å². The number of hydrogen-bond donors (Lipinski definition) is 2. The number of rotatable bonds is 5. The van der Waals surface area contributed by atoms with Crippen LogP contribution in [0, 0.1) is 5.92 Å². The van der Waals surface area contributed by atoms with Crippen molar-refractivity contribution in [2.45, 2.75) is 17.7 Å². The molecule has 3 rings (SSSR count). The molecule has 0 aromatic heterocycles. The maximum Gasteiger partial charge on any atom is 0.262 e. The zero-order chi connectivity index (χ0) is 18.6. The van der Waals surface area contributed by atoms with E-state index in [0.29, 0.717) is 42.5 Å². The van der Waals surface area contributed by atoms with Gasteiger partial charge in [0.05, 0.1) is 15.6 Å². The second-order valence-corrected chi connectivity index (χ2v) is 8.08. The molecule has 0 spiro atoms.